The summed E-state index contributed by atoms with van der Waals surface area (Å²) in [6.45, 7) is 6.27. The molecule has 0 N–H and O–H groups in total. The minimum atomic E-state index is -4.65. The van der Waals surface area contributed by atoms with Gasteiger partial charge in [0.15, 0.2) is 11.7 Å². The van der Waals surface area contributed by atoms with Gasteiger partial charge in [-0.25, -0.2) is 9.78 Å². The molecule has 0 radical (unpaired) electrons. The van der Waals surface area contributed by atoms with E-state index in [-0.39, 0.29) is 42.5 Å². The lowest BCUT2D eigenvalue weighted by Gasteiger charge is -2.40. The number of rotatable bonds is 7. The van der Waals surface area contributed by atoms with Crippen LogP contribution in [0.1, 0.15) is 45.3 Å². The highest BCUT2D eigenvalue weighted by atomic mass is 32.1. The fraction of sp³-hybridized carbons (Fsp3) is 0.577. The van der Waals surface area contributed by atoms with Crippen molar-refractivity contribution in [2.24, 2.45) is 0 Å². The lowest BCUT2D eigenvalue weighted by molar-refractivity contribution is -0.226. The van der Waals surface area contributed by atoms with Gasteiger partial charge in [-0.3, -0.25) is 4.90 Å². The maximum Gasteiger partial charge on any atom is 0.418 e. The third-order valence-corrected chi connectivity index (χ3v) is 7.50. The molecule has 4 heterocycles. The zero-order chi connectivity index (χ0) is 27.9. The van der Waals surface area contributed by atoms with Gasteiger partial charge in [-0.15, -0.1) is 11.3 Å². The summed E-state index contributed by atoms with van der Waals surface area (Å²) in [5, 5.41) is 2.26. The second-order valence-electron chi connectivity index (χ2n) is 10.7. The number of ether oxygens (including phenoxy) is 3. The van der Waals surface area contributed by atoms with Crippen LogP contribution in [0.3, 0.4) is 0 Å². The summed E-state index contributed by atoms with van der Waals surface area (Å²) in [6, 6.07) is 2.91. The van der Waals surface area contributed by atoms with E-state index in [1.807, 2.05) is 25.7 Å². The largest absolute Gasteiger partial charge is 0.444 e. The quantitative estimate of drug-likeness (QED) is 0.330. The number of hydrogen-bond donors (Lipinski definition) is 0. The molecule has 5 rings (SSSR count). The van der Waals surface area contributed by atoms with Gasteiger partial charge in [-0.2, -0.15) is 18.2 Å². The lowest BCUT2D eigenvalue weighted by atomic mass is 10.0. The zero-order valence-corrected chi connectivity index (χ0v) is 23.0. The smallest absolute Gasteiger partial charge is 0.418 e. The molecule has 3 unspecified atom stereocenters. The van der Waals surface area contributed by atoms with Crippen molar-refractivity contribution in [1.82, 2.24) is 14.9 Å². The summed E-state index contributed by atoms with van der Waals surface area (Å²) >= 11 is 1.29. The first-order chi connectivity index (χ1) is 18.4. The molecule has 2 aliphatic heterocycles. The van der Waals surface area contributed by atoms with E-state index in [4.69, 9.17) is 18.6 Å². The van der Waals surface area contributed by atoms with E-state index >= 15 is 0 Å². The van der Waals surface area contributed by atoms with E-state index in [1.54, 1.807) is 16.5 Å². The third kappa shape index (κ3) is 5.85. The van der Waals surface area contributed by atoms with Crippen LogP contribution in [0.4, 0.5) is 24.0 Å². The van der Waals surface area contributed by atoms with E-state index in [1.165, 1.54) is 30.6 Å². The highest BCUT2D eigenvalue weighted by Gasteiger charge is 2.46. The van der Waals surface area contributed by atoms with E-state index in [9.17, 15) is 18.0 Å². The summed E-state index contributed by atoms with van der Waals surface area (Å²) in [5.74, 6) is 0. The van der Waals surface area contributed by atoms with Gasteiger partial charge in [-0.1, -0.05) is 0 Å². The van der Waals surface area contributed by atoms with Gasteiger partial charge >= 0.3 is 12.3 Å². The van der Waals surface area contributed by atoms with Crippen LogP contribution in [0.15, 0.2) is 28.1 Å². The van der Waals surface area contributed by atoms with Crippen molar-refractivity contribution in [3.63, 3.8) is 0 Å². The van der Waals surface area contributed by atoms with Gasteiger partial charge < -0.3 is 23.5 Å². The Kier molecular flexibility index (Phi) is 7.51. The highest BCUT2D eigenvalue weighted by molar-refractivity contribution is 7.13. The number of amides is 1. The van der Waals surface area contributed by atoms with E-state index < -0.39 is 17.9 Å². The minimum absolute atomic E-state index is 0.0277. The summed E-state index contributed by atoms with van der Waals surface area (Å²) in [6.07, 6.45) is -3.92. The molecule has 13 heteroatoms. The Morgan fingerprint density at radius 3 is 2.49 bits per heavy atom. The van der Waals surface area contributed by atoms with Crippen LogP contribution in [0.2, 0.25) is 0 Å². The number of aromatic nitrogens is 2. The molecule has 2 saturated heterocycles. The Hall–Kier alpha value is -2.90. The Labute approximate surface area is 227 Å². The molecular formula is C26H31F3N4O5S. The maximum atomic E-state index is 14.0. The normalized spacial score (nSPS) is 20.6. The van der Waals surface area contributed by atoms with Crippen LogP contribution in [-0.2, 0) is 14.2 Å². The number of nitrogens with zero attached hydrogens (tertiary/aromatic N) is 4. The molecule has 3 aromatic rings. The van der Waals surface area contributed by atoms with Crippen LogP contribution in [0.25, 0.3) is 21.7 Å². The van der Waals surface area contributed by atoms with Gasteiger partial charge in [0.1, 0.15) is 16.1 Å². The number of benzene rings is 1. The van der Waals surface area contributed by atoms with Crippen molar-refractivity contribution in [3.05, 3.63) is 29.3 Å². The van der Waals surface area contributed by atoms with Crippen molar-refractivity contribution in [1.29, 1.82) is 0 Å². The van der Waals surface area contributed by atoms with Crippen molar-refractivity contribution in [2.45, 2.75) is 63.6 Å². The highest BCUT2D eigenvalue weighted by Crippen LogP contribution is 2.42. The maximum absolute atomic E-state index is 14.0. The molecule has 2 fully saturated rings. The van der Waals surface area contributed by atoms with E-state index in [0.717, 1.165) is 12.8 Å². The van der Waals surface area contributed by atoms with E-state index in [0.29, 0.717) is 35.3 Å². The molecule has 1 aromatic carbocycles. The number of fused-ring (bicyclic) bond motifs is 3. The summed E-state index contributed by atoms with van der Waals surface area (Å²) < 4.78 is 63.9. The van der Waals surface area contributed by atoms with Crippen molar-refractivity contribution < 1.29 is 36.6 Å². The summed E-state index contributed by atoms with van der Waals surface area (Å²) in [5.41, 5.74) is 0.351. The van der Waals surface area contributed by atoms with Crippen LogP contribution in [-0.4, -0.2) is 78.2 Å². The predicted molar refractivity (Wildman–Crippen MR) is 139 cm³/mol. The fourth-order valence-corrected chi connectivity index (χ4v) is 5.80. The van der Waals surface area contributed by atoms with Gasteiger partial charge in [0, 0.05) is 31.8 Å². The molecule has 2 aromatic heterocycles. The molecule has 39 heavy (non-hydrogen) atoms. The number of carbonyl (C=O) groups is 1. The number of methoxy groups -OCH3 is 1. The Morgan fingerprint density at radius 1 is 1.18 bits per heavy atom. The van der Waals surface area contributed by atoms with Crippen LogP contribution < -0.4 is 4.90 Å². The molecule has 0 aliphatic carbocycles. The number of oxazole rings is 1. The number of carbonyl (C=O) groups excluding carboxylic acids is 1. The lowest BCUT2D eigenvalue weighted by Crippen LogP contribution is -2.56. The number of halogens is 3. The molecule has 9 nitrogen and oxygen atoms in total. The minimum Gasteiger partial charge on any atom is -0.444 e. The number of anilines is 1. The van der Waals surface area contributed by atoms with Crippen molar-refractivity contribution >= 4 is 34.5 Å². The van der Waals surface area contributed by atoms with Gasteiger partial charge in [0.2, 0.25) is 0 Å². The molecule has 2 bridgehead atoms. The Morgan fingerprint density at radius 2 is 1.90 bits per heavy atom. The average molecular weight is 569 g/mol. The van der Waals surface area contributed by atoms with Crippen LogP contribution >= 0.6 is 11.3 Å². The molecule has 2 aliphatic rings. The Balaban J connectivity index is 1.48. The number of thiazole rings is 1. The first kappa shape index (κ1) is 27.7. The third-order valence-electron chi connectivity index (χ3n) is 6.69. The number of hydrogen-bond acceptors (Lipinski definition) is 9. The molecule has 0 saturated carbocycles. The summed E-state index contributed by atoms with van der Waals surface area (Å²) in [4.78, 5) is 25.5. The SMILES string of the molecule is COCCOC(c1cc(-c2nccs2)c2oc(N3CC4CCC(C3)N4C(=O)OC(C)(C)C)nc2c1)C(F)(F)F. The van der Waals surface area contributed by atoms with Crippen LogP contribution in [0, 0.1) is 0 Å². The predicted octanol–water partition coefficient (Wildman–Crippen LogP) is 5.81. The molecule has 3 atom stereocenters. The van der Waals surface area contributed by atoms with Gasteiger partial charge in [-0.05, 0) is 51.3 Å². The molecular weight excluding hydrogens is 537 g/mol. The molecule has 1 amide bonds. The number of piperazine rings is 1. The molecule has 0 spiro atoms. The first-order valence-corrected chi connectivity index (χ1v) is 13.6. The zero-order valence-electron chi connectivity index (χ0n) is 22.2. The van der Waals surface area contributed by atoms with Crippen LogP contribution in [0.5, 0.6) is 0 Å². The Bertz CT molecular complexity index is 1290. The first-order valence-electron chi connectivity index (χ1n) is 12.7. The van der Waals surface area contributed by atoms with Gasteiger partial charge in [0.05, 0.1) is 30.9 Å². The van der Waals surface area contributed by atoms with Crippen molar-refractivity contribution in [2.75, 3.05) is 38.3 Å². The second kappa shape index (κ2) is 10.6. The standard InChI is InChI=1S/C26H31F3N4O5S/c1-25(2,3)38-24(34)33-16-5-6-17(33)14-32(13-16)23-31-19-12-15(21(26(27,28)29)36-9-8-35-4)11-18(20(19)37-23)22-30-7-10-39-22/h7,10-12,16-17,21H,5-6,8-9,13-14H2,1-4H3. The topological polar surface area (TPSA) is 90.2 Å². The number of alkyl halides is 3. The summed E-state index contributed by atoms with van der Waals surface area (Å²) in [7, 11) is 1.40. The van der Waals surface area contributed by atoms with Gasteiger partial charge in [0.25, 0.3) is 6.01 Å². The molecule has 212 valence electrons. The van der Waals surface area contributed by atoms with E-state index in [2.05, 4.69) is 9.97 Å². The fourth-order valence-electron chi connectivity index (χ4n) is 5.15. The van der Waals surface area contributed by atoms with Crippen molar-refractivity contribution in [3.8, 4) is 10.6 Å². The second-order valence-corrected chi connectivity index (χ2v) is 11.6. The monoisotopic (exact) mass is 568 g/mol. The average Bonchev–Trinajstić information content (AvgIpc) is 3.57.